The Kier molecular flexibility index (Phi) is 7.40. The molecule has 272 valence electrons. The van der Waals surface area contributed by atoms with Crippen LogP contribution in [0, 0.1) is 0 Å². The summed E-state index contributed by atoms with van der Waals surface area (Å²) in [6.07, 6.45) is 0. The van der Waals surface area contributed by atoms with Gasteiger partial charge in [-0.2, -0.15) is 0 Å². The van der Waals surface area contributed by atoms with E-state index >= 15 is 0 Å². The lowest BCUT2D eigenvalue weighted by atomic mass is 10.00. The fraction of sp³-hybridized carbons (Fsp3) is 0. The highest BCUT2D eigenvalue weighted by atomic mass is 32.1. The molecule has 0 bridgehead atoms. The quantitative estimate of drug-likeness (QED) is 0.168. The number of anilines is 3. The Labute approximate surface area is 338 Å². The molecule has 0 aliphatic rings. The first-order valence-electron chi connectivity index (χ1n) is 19.7. The molecule has 0 aliphatic carbocycles. The summed E-state index contributed by atoms with van der Waals surface area (Å²) in [4.78, 5) is 2.38. The number of furan rings is 1. The van der Waals surface area contributed by atoms with Crippen molar-refractivity contribution in [2.24, 2.45) is 0 Å². The van der Waals surface area contributed by atoms with E-state index in [1.165, 1.54) is 47.5 Å². The van der Waals surface area contributed by atoms with Gasteiger partial charge in [0.15, 0.2) is 5.58 Å². The summed E-state index contributed by atoms with van der Waals surface area (Å²) in [5.41, 5.74) is 13.0. The lowest BCUT2D eigenvalue weighted by Gasteiger charge is -2.26. The molecule has 0 saturated carbocycles. The van der Waals surface area contributed by atoms with Crippen molar-refractivity contribution in [1.29, 1.82) is 0 Å². The molecular formula is C54H34N2OS. The zero-order chi connectivity index (χ0) is 38.2. The third-order valence-corrected chi connectivity index (χ3v) is 12.7. The molecule has 12 rings (SSSR count). The van der Waals surface area contributed by atoms with Crippen molar-refractivity contribution < 1.29 is 4.42 Å². The number of aromatic nitrogens is 1. The van der Waals surface area contributed by atoms with Crippen molar-refractivity contribution >= 4 is 92.3 Å². The highest BCUT2D eigenvalue weighted by molar-refractivity contribution is 7.25. The fourth-order valence-corrected chi connectivity index (χ4v) is 10.0. The van der Waals surface area contributed by atoms with Gasteiger partial charge in [0.2, 0.25) is 0 Å². The largest absolute Gasteiger partial charge is 0.454 e. The van der Waals surface area contributed by atoms with Crippen LogP contribution >= 0.6 is 11.3 Å². The van der Waals surface area contributed by atoms with Crippen molar-refractivity contribution in [3.8, 4) is 27.9 Å². The van der Waals surface area contributed by atoms with E-state index in [0.717, 1.165) is 61.4 Å². The first-order chi connectivity index (χ1) is 28.7. The van der Waals surface area contributed by atoms with Crippen molar-refractivity contribution in [2.45, 2.75) is 0 Å². The predicted molar refractivity (Wildman–Crippen MR) is 247 cm³/mol. The van der Waals surface area contributed by atoms with Gasteiger partial charge in [0.25, 0.3) is 0 Å². The van der Waals surface area contributed by atoms with Gasteiger partial charge in [0.1, 0.15) is 5.58 Å². The van der Waals surface area contributed by atoms with Crippen molar-refractivity contribution in [3.63, 3.8) is 0 Å². The van der Waals surface area contributed by atoms with Gasteiger partial charge in [-0.3, -0.25) is 0 Å². The lowest BCUT2D eigenvalue weighted by molar-refractivity contribution is 0.669. The molecule has 0 atom stereocenters. The topological polar surface area (TPSA) is 21.3 Å². The minimum Gasteiger partial charge on any atom is -0.454 e. The molecule has 0 radical (unpaired) electrons. The highest BCUT2D eigenvalue weighted by Crippen LogP contribution is 2.47. The monoisotopic (exact) mass is 758 g/mol. The molecule has 0 saturated heterocycles. The van der Waals surface area contributed by atoms with Gasteiger partial charge in [0.05, 0.1) is 16.7 Å². The lowest BCUT2D eigenvalue weighted by Crippen LogP contribution is -2.10. The normalized spacial score (nSPS) is 11.8. The summed E-state index contributed by atoms with van der Waals surface area (Å²) in [6, 6.07) is 74.4. The van der Waals surface area contributed by atoms with Gasteiger partial charge in [-0.15, -0.1) is 11.3 Å². The minimum absolute atomic E-state index is 0.862. The second-order valence-electron chi connectivity index (χ2n) is 14.9. The zero-order valence-electron chi connectivity index (χ0n) is 31.3. The predicted octanol–water partition coefficient (Wildman–Crippen LogP) is 15.9. The number of benzene rings is 9. The number of para-hydroxylation sites is 3. The number of rotatable bonds is 6. The van der Waals surface area contributed by atoms with Gasteiger partial charge in [-0.05, 0) is 95.1 Å². The SMILES string of the molecule is c1ccc(-c2cc(N(c3ccc(-c4ccc5c6ccccc6n(-c6ccccc6)c5c4)cc3)c3ccc4c(c3)sc3ccccc34)c3oc4ccccc4c3c2)cc1. The van der Waals surface area contributed by atoms with Gasteiger partial charge in [0, 0.05) is 58.8 Å². The standard InChI is InChI=1S/C54H34N2OS/c1-3-13-35(14-4-1)38-31-47-44-18-8-11-21-51(44)57-54(47)50(33-38)55(41-28-30-46-45-19-9-12-22-52(45)58-53(46)34-41)40-26-23-36(24-27-40)37-25-29-43-42-17-7-10-20-48(42)56(49(43)32-37)39-15-5-2-6-16-39/h1-34H. The molecule has 3 aromatic heterocycles. The van der Waals surface area contributed by atoms with Gasteiger partial charge < -0.3 is 13.9 Å². The van der Waals surface area contributed by atoms with Crippen LogP contribution in [0.2, 0.25) is 0 Å². The maximum absolute atomic E-state index is 6.80. The van der Waals surface area contributed by atoms with E-state index in [9.17, 15) is 0 Å². The Morgan fingerprint density at radius 1 is 0.379 bits per heavy atom. The molecular weight excluding hydrogens is 725 g/mol. The summed E-state index contributed by atoms with van der Waals surface area (Å²) >= 11 is 1.84. The molecule has 12 aromatic rings. The fourth-order valence-electron chi connectivity index (χ4n) is 8.86. The molecule has 0 fully saturated rings. The Bertz CT molecular complexity index is 3500. The Morgan fingerprint density at radius 3 is 1.84 bits per heavy atom. The smallest absolute Gasteiger partial charge is 0.159 e. The van der Waals surface area contributed by atoms with Crippen LogP contribution in [-0.2, 0) is 0 Å². The van der Waals surface area contributed by atoms with Crippen LogP contribution in [-0.4, -0.2) is 4.57 Å². The second kappa shape index (κ2) is 13.1. The van der Waals surface area contributed by atoms with Gasteiger partial charge in [-0.1, -0.05) is 133 Å². The second-order valence-corrected chi connectivity index (χ2v) is 16.0. The molecule has 0 amide bonds. The zero-order valence-corrected chi connectivity index (χ0v) is 32.2. The van der Waals surface area contributed by atoms with E-state index in [1.807, 2.05) is 17.4 Å². The van der Waals surface area contributed by atoms with Crippen LogP contribution in [0.5, 0.6) is 0 Å². The Balaban J connectivity index is 1.06. The molecule has 0 spiro atoms. The third kappa shape index (κ3) is 5.19. The maximum Gasteiger partial charge on any atom is 0.159 e. The van der Waals surface area contributed by atoms with E-state index in [4.69, 9.17) is 4.42 Å². The molecule has 9 aromatic carbocycles. The molecule has 0 unspecified atom stereocenters. The number of fused-ring (bicyclic) bond motifs is 9. The maximum atomic E-state index is 6.80. The summed E-state index contributed by atoms with van der Waals surface area (Å²) in [5, 5.41) is 7.27. The van der Waals surface area contributed by atoms with E-state index in [1.54, 1.807) is 0 Å². The highest BCUT2D eigenvalue weighted by Gasteiger charge is 2.22. The molecule has 58 heavy (non-hydrogen) atoms. The first-order valence-corrected chi connectivity index (χ1v) is 20.5. The van der Waals surface area contributed by atoms with Gasteiger partial charge in [-0.25, -0.2) is 0 Å². The molecule has 4 heteroatoms. The van der Waals surface area contributed by atoms with E-state index in [2.05, 4.69) is 210 Å². The molecule has 3 heterocycles. The van der Waals surface area contributed by atoms with Crippen LogP contribution in [0.25, 0.3) is 91.9 Å². The van der Waals surface area contributed by atoms with Crippen LogP contribution in [0.3, 0.4) is 0 Å². The summed E-state index contributed by atoms with van der Waals surface area (Å²) in [7, 11) is 0. The van der Waals surface area contributed by atoms with Gasteiger partial charge >= 0.3 is 0 Å². The van der Waals surface area contributed by atoms with E-state index < -0.39 is 0 Å². The van der Waals surface area contributed by atoms with Crippen LogP contribution in [0.4, 0.5) is 17.1 Å². The van der Waals surface area contributed by atoms with Crippen LogP contribution in [0.15, 0.2) is 211 Å². The average Bonchev–Trinajstić information content (AvgIpc) is 3.96. The Morgan fingerprint density at radius 2 is 1.00 bits per heavy atom. The average molecular weight is 759 g/mol. The van der Waals surface area contributed by atoms with E-state index in [-0.39, 0.29) is 0 Å². The number of nitrogens with zero attached hydrogens (tertiary/aromatic N) is 2. The summed E-state index contributed by atoms with van der Waals surface area (Å²) in [5.74, 6) is 0. The van der Waals surface area contributed by atoms with Crippen molar-refractivity contribution in [2.75, 3.05) is 4.90 Å². The summed E-state index contributed by atoms with van der Waals surface area (Å²) < 4.78 is 11.7. The van der Waals surface area contributed by atoms with Crippen molar-refractivity contribution in [1.82, 2.24) is 4.57 Å². The minimum atomic E-state index is 0.862. The first kappa shape index (κ1) is 32.8. The Hall–Kier alpha value is -7.40. The van der Waals surface area contributed by atoms with Crippen molar-refractivity contribution in [3.05, 3.63) is 206 Å². The molecule has 3 nitrogen and oxygen atoms in total. The molecule has 0 N–H and O–H groups in total. The third-order valence-electron chi connectivity index (χ3n) is 11.6. The number of hydrogen-bond donors (Lipinski definition) is 0. The number of thiophene rings is 1. The van der Waals surface area contributed by atoms with Crippen LogP contribution < -0.4 is 4.90 Å². The summed E-state index contributed by atoms with van der Waals surface area (Å²) in [6.45, 7) is 0. The van der Waals surface area contributed by atoms with Crippen LogP contribution in [0.1, 0.15) is 0 Å². The van der Waals surface area contributed by atoms with E-state index in [0.29, 0.717) is 0 Å². The number of hydrogen-bond acceptors (Lipinski definition) is 3. The molecule has 0 aliphatic heterocycles.